The van der Waals surface area contributed by atoms with Crippen LogP contribution in [0.2, 0.25) is 0 Å². The van der Waals surface area contributed by atoms with Gasteiger partial charge in [-0.25, -0.2) is 17.6 Å². The number of aryl methyl sites for hydroxylation is 1. The van der Waals surface area contributed by atoms with Gasteiger partial charge in [0.1, 0.15) is 11.6 Å². The van der Waals surface area contributed by atoms with Crippen molar-refractivity contribution in [1.82, 2.24) is 20.9 Å². The molecule has 2 aromatic rings. The Morgan fingerprint density at radius 1 is 1.19 bits per heavy atom. The van der Waals surface area contributed by atoms with E-state index in [4.69, 9.17) is 4.74 Å². The van der Waals surface area contributed by atoms with Gasteiger partial charge in [0.15, 0.2) is 11.6 Å². The molecule has 4 rings (SSSR count). The van der Waals surface area contributed by atoms with Gasteiger partial charge < -0.3 is 10.1 Å². The number of halogens is 1. The molecule has 10 nitrogen and oxygen atoms in total. The first-order chi connectivity index (χ1) is 14.6. The number of sulfonamides is 1. The van der Waals surface area contributed by atoms with Gasteiger partial charge in [0.2, 0.25) is 0 Å². The molecule has 0 saturated carbocycles. The van der Waals surface area contributed by atoms with Gasteiger partial charge in [-0.2, -0.15) is 0 Å². The van der Waals surface area contributed by atoms with Gasteiger partial charge in [-0.3, -0.25) is 20.3 Å². The lowest BCUT2D eigenvalue weighted by Crippen LogP contribution is -2.56. The van der Waals surface area contributed by atoms with E-state index < -0.39 is 45.3 Å². The highest BCUT2D eigenvalue weighted by atomic mass is 32.2. The smallest absolute Gasteiger partial charge is 0.322 e. The quantitative estimate of drug-likeness (QED) is 0.392. The summed E-state index contributed by atoms with van der Waals surface area (Å²) in [6, 6.07) is 8.47. The van der Waals surface area contributed by atoms with E-state index in [2.05, 4.69) is 16.1 Å². The zero-order valence-electron chi connectivity index (χ0n) is 16.1. The lowest BCUT2D eigenvalue weighted by Gasteiger charge is -2.36. The molecule has 162 valence electrons. The van der Waals surface area contributed by atoms with Gasteiger partial charge in [-0.15, -0.1) is 4.83 Å². The number of ether oxygens (including phenoxy) is 1. The van der Waals surface area contributed by atoms with Crippen LogP contribution < -0.4 is 25.6 Å². The maximum Gasteiger partial charge on any atom is 0.322 e. The second-order valence-electron chi connectivity index (χ2n) is 7.17. The summed E-state index contributed by atoms with van der Waals surface area (Å²) < 4.78 is 44.1. The van der Waals surface area contributed by atoms with E-state index in [-0.39, 0.29) is 22.6 Å². The van der Waals surface area contributed by atoms with E-state index >= 15 is 0 Å². The van der Waals surface area contributed by atoms with Crippen LogP contribution in [0.4, 0.5) is 9.18 Å². The number of carbonyl (C=O) groups is 3. The number of hydrogen-bond acceptors (Lipinski definition) is 6. The summed E-state index contributed by atoms with van der Waals surface area (Å²) >= 11 is 0. The third-order valence-corrected chi connectivity index (χ3v) is 6.30. The third-order valence-electron chi connectivity index (χ3n) is 5.04. The minimum atomic E-state index is -4.06. The lowest BCUT2D eigenvalue weighted by atomic mass is 9.81. The Balaban J connectivity index is 1.57. The number of imide groups is 1. The van der Waals surface area contributed by atoms with Crippen LogP contribution in [0.5, 0.6) is 5.75 Å². The van der Waals surface area contributed by atoms with E-state index in [0.29, 0.717) is 0 Å². The van der Waals surface area contributed by atoms with Crippen molar-refractivity contribution in [3.05, 3.63) is 59.4 Å². The number of benzene rings is 2. The SMILES string of the molecule is Cc1ccc(S(=O)(=O)NNC(=O)[C@@H]2C[C@]3(NC(=O)NC3=O)c3cc(F)ccc3O2)cc1. The minimum Gasteiger partial charge on any atom is -0.480 e. The molecule has 1 saturated heterocycles. The summed E-state index contributed by atoms with van der Waals surface area (Å²) in [5, 5.41) is 4.50. The Bertz CT molecular complexity index is 1200. The first-order valence-corrected chi connectivity index (χ1v) is 10.6. The number of urea groups is 1. The van der Waals surface area contributed by atoms with E-state index in [9.17, 15) is 27.2 Å². The lowest BCUT2D eigenvalue weighted by molar-refractivity contribution is -0.133. The van der Waals surface area contributed by atoms with Crippen molar-refractivity contribution in [2.45, 2.75) is 29.9 Å². The van der Waals surface area contributed by atoms with Crippen molar-refractivity contribution < 1.29 is 31.9 Å². The molecule has 2 atom stereocenters. The number of hydrogen-bond donors (Lipinski definition) is 4. The summed E-state index contributed by atoms with van der Waals surface area (Å²) in [5.41, 5.74) is 1.24. The van der Waals surface area contributed by atoms with Gasteiger partial charge >= 0.3 is 6.03 Å². The van der Waals surface area contributed by atoms with Gasteiger partial charge in [-0.05, 0) is 37.3 Å². The third kappa shape index (κ3) is 3.70. The molecule has 0 aliphatic carbocycles. The molecular weight excluding hydrogens is 431 g/mol. The van der Waals surface area contributed by atoms with Crippen molar-refractivity contribution >= 4 is 27.9 Å². The summed E-state index contributed by atoms with van der Waals surface area (Å²) in [6.45, 7) is 1.80. The molecule has 2 aliphatic heterocycles. The number of nitrogens with one attached hydrogen (secondary N) is 4. The van der Waals surface area contributed by atoms with Crippen molar-refractivity contribution in [3.8, 4) is 5.75 Å². The number of carbonyl (C=O) groups excluding carboxylic acids is 3. The fraction of sp³-hybridized carbons (Fsp3) is 0.211. The van der Waals surface area contributed by atoms with Gasteiger partial charge in [0, 0.05) is 12.0 Å². The van der Waals surface area contributed by atoms with Crippen molar-refractivity contribution in [1.29, 1.82) is 0 Å². The Morgan fingerprint density at radius 2 is 1.90 bits per heavy atom. The molecule has 2 aromatic carbocycles. The average molecular weight is 448 g/mol. The Kier molecular flexibility index (Phi) is 4.90. The monoisotopic (exact) mass is 448 g/mol. The van der Waals surface area contributed by atoms with Gasteiger partial charge in [0.05, 0.1) is 4.90 Å². The van der Waals surface area contributed by atoms with Crippen LogP contribution in [0.1, 0.15) is 17.5 Å². The summed E-state index contributed by atoms with van der Waals surface area (Å²) in [6.07, 6.45) is -1.73. The number of hydrazine groups is 1. The second-order valence-corrected chi connectivity index (χ2v) is 8.85. The van der Waals surface area contributed by atoms with E-state index in [1.807, 2.05) is 4.83 Å². The minimum absolute atomic E-state index is 0.00606. The molecule has 31 heavy (non-hydrogen) atoms. The predicted molar refractivity (Wildman–Crippen MR) is 103 cm³/mol. The van der Waals surface area contributed by atoms with Crippen LogP contribution in [-0.2, 0) is 25.2 Å². The first kappa shape index (κ1) is 20.8. The predicted octanol–water partition coefficient (Wildman–Crippen LogP) is 0.330. The Morgan fingerprint density at radius 3 is 2.55 bits per heavy atom. The topological polar surface area (TPSA) is 143 Å². The highest BCUT2D eigenvalue weighted by Gasteiger charge is 2.54. The molecular formula is C19H17FN4O6S. The zero-order chi connectivity index (χ0) is 22.4. The van der Waals surface area contributed by atoms with Gasteiger partial charge in [0.25, 0.3) is 21.8 Å². The van der Waals surface area contributed by atoms with Crippen LogP contribution >= 0.6 is 0 Å². The van der Waals surface area contributed by atoms with E-state index in [1.54, 1.807) is 19.1 Å². The number of fused-ring (bicyclic) bond motifs is 2. The van der Waals surface area contributed by atoms with Crippen molar-refractivity contribution in [2.75, 3.05) is 0 Å². The maximum atomic E-state index is 13.8. The van der Waals surface area contributed by atoms with Crippen LogP contribution in [0.15, 0.2) is 47.4 Å². The van der Waals surface area contributed by atoms with Crippen molar-refractivity contribution in [2.24, 2.45) is 0 Å². The largest absolute Gasteiger partial charge is 0.480 e. The molecule has 4 N–H and O–H groups in total. The molecule has 2 heterocycles. The molecule has 12 heteroatoms. The van der Waals surface area contributed by atoms with Crippen LogP contribution in [0.3, 0.4) is 0 Å². The maximum absolute atomic E-state index is 13.8. The Hall–Kier alpha value is -3.51. The Labute approximate surface area is 176 Å². The molecule has 1 spiro atoms. The van der Waals surface area contributed by atoms with E-state index in [1.165, 1.54) is 18.2 Å². The molecule has 0 aromatic heterocycles. The summed E-state index contributed by atoms with van der Waals surface area (Å²) in [5.74, 6) is -2.33. The van der Waals surface area contributed by atoms with Crippen molar-refractivity contribution in [3.63, 3.8) is 0 Å². The highest BCUT2D eigenvalue weighted by Crippen LogP contribution is 2.41. The summed E-state index contributed by atoms with van der Waals surface area (Å²) in [4.78, 5) is 38.8. The molecule has 2 aliphatic rings. The first-order valence-electron chi connectivity index (χ1n) is 9.09. The fourth-order valence-electron chi connectivity index (χ4n) is 3.47. The molecule has 4 amide bonds. The highest BCUT2D eigenvalue weighted by molar-refractivity contribution is 7.89. The summed E-state index contributed by atoms with van der Waals surface area (Å²) in [7, 11) is -4.06. The molecule has 1 fully saturated rings. The van der Waals surface area contributed by atoms with Gasteiger partial charge in [-0.1, -0.05) is 17.7 Å². The van der Waals surface area contributed by atoms with Crippen LogP contribution in [-0.4, -0.2) is 32.4 Å². The standard InChI is InChI=1S/C19H17FN4O6S/c1-10-2-5-12(6-3-10)31(28,29)24-23-16(25)15-9-19(17(26)21-18(27)22-19)13-8-11(20)4-7-14(13)30-15/h2-8,15,24H,9H2,1H3,(H,23,25)(H2,21,22,26,27)/t15-,19-/m0/s1. The molecule has 0 radical (unpaired) electrons. The number of amides is 4. The second kappa shape index (κ2) is 7.32. The molecule has 0 unspecified atom stereocenters. The van der Waals surface area contributed by atoms with Crippen LogP contribution in [0, 0.1) is 12.7 Å². The van der Waals surface area contributed by atoms with Crippen LogP contribution in [0.25, 0.3) is 0 Å². The average Bonchev–Trinajstić information content (AvgIpc) is 3.00. The van der Waals surface area contributed by atoms with E-state index in [0.717, 1.165) is 17.7 Å². The zero-order valence-corrected chi connectivity index (χ0v) is 16.9. The molecule has 0 bridgehead atoms. The number of rotatable bonds is 4. The fourth-order valence-corrected chi connectivity index (χ4v) is 4.31. The normalized spacial score (nSPS) is 22.3.